The highest BCUT2D eigenvalue weighted by Crippen LogP contribution is 2.23. The number of rotatable bonds is 12. The zero-order valence-electron chi connectivity index (χ0n) is 23.8. The summed E-state index contributed by atoms with van der Waals surface area (Å²) in [5.41, 5.74) is 1.14. The number of nitrogens with zero attached hydrogens (tertiary/aromatic N) is 2. The number of benzene rings is 3. The maximum Gasteiger partial charge on any atom is 0.243 e. The monoisotopic (exact) mass is 645 g/mol. The summed E-state index contributed by atoms with van der Waals surface area (Å²) in [5.74, 6) is -1.26. The van der Waals surface area contributed by atoms with E-state index in [1.807, 2.05) is 75.4 Å². The van der Waals surface area contributed by atoms with Crippen molar-refractivity contribution in [2.45, 2.75) is 58.2 Å². The SMILES string of the molecule is CC(C)(C)NC(=O)[C@H](Cc1ccccc1)N(Cc1cccc(Br)c1)C(=O)CCCN(c1ccccc1F)S(C)(=O)=O. The highest BCUT2D eigenvalue weighted by molar-refractivity contribution is 9.10. The maximum absolute atomic E-state index is 14.5. The van der Waals surface area contributed by atoms with Gasteiger partial charge in [0.15, 0.2) is 0 Å². The van der Waals surface area contributed by atoms with E-state index >= 15 is 0 Å². The molecule has 0 spiro atoms. The summed E-state index contributed by atoms with van der Waals surface area (Å²) in [6.07, 6.45) is 1.40. The van der Waals surface area contributed by atoms with Gasteiger partial charge in [-0.3, -0.25) is 13.9 Å². The van der Waals surface area contributed by atoms with Crippen LogP contribution in [0.3, 0.4) is 0 Å². The summed E-state index contributed by atoms with van der Waals surface area (Å²) < 4.78 is 41.3. The molecule has 1 atom stereocenters. The van der Waals surface area contributed by atoms with Crippen LogP contribution < -0.4 is 9.62 Å². The van der Waals surface area contributed by atoms with Gasteiger partial charge < -0.3 is 10.2 Å². The third-order valence-electron chi connectivity index (χ3n) is 6.28. The van der Waals surface area contributed by atoms with Gasteiger partial charge in [0.2, 0.25) is 21.8 Å². The van der Waals surface area contributed by atoms with Gasteiger partial charge in [-0.05, 0) is 62.6 Å². The van der Waals surface area contributed by atoms with Crippen molar-refractivity contribution in [3.8, 4) is 0 Å². The Morgan fingerprint density at radius 1 is 0.951 bits per heavy atom. The average Bonchev–Trinajstić information content (AvgIpc) is 2.88. The van der Waals surface area contributed by atoms with Gasteiger partial charge in [-0.1, -0.05) is 70.5 Å². The number of halogens is 2. The van der Waals surface area contributed by atoms with Crippen molar-refractivity contribution in [1.29, 1.82) is 0 Å². The van der Waals surface area contributed by atoms with Crippen molar-refractivity contribution in [3.05, 3.63) is 100 Å². The van der Waals surface area contributed by atoms with Gasteiger partial charge in [0.05, 0.1) is 11.9 Å². The first kappa shape index (κ1) is 32.3. The van der Waals surface area contributed by atoms with Crippen LogP contribution in [0.25, 0.3) is 0 Å². The molecule has 0 aliphatic rings. The molecule has 0 saturated carbocycles. The predicted octanol–water partition coefficient (Wildman–Crippen LogP) is 5.69. The Bertz CT molecular complexity index is 1440. The molecule has 3 aromatic rings. The Morgan fingerprint density at radius 3 is 2.20 bits per heavy atom. The van der Waals surface area contributed by atoms with E-state index in [9.17, 15) is 22.4 Å². The Labute approximate surface area is 250 Å². The lowest BCUT2D eigenvalue weighted by molar-refractivity contribution is -0.142. The number of carbonyl (C=O) groups excluding carboxylic acids is 2. The quantitative estimate of drug-likeness (QED) is 0.274. The molecule has 0 aliphatic heterocycles. The largest absolute Gasteiger partial charge is 0.350 e. The number of para-hydroxylation sites is 1. The lowest BCUT2D eigenvalue weighted by Crippen LogP contribution is -2.54. The second kappa shape index (κ2) is 14.1. The molecule has 0 heterocycles. The smallest absolute Gasteiger partial charge is 0.243 e. The topological polar surface area (TPSA) is 86.8 Å². The van der Waals surface area contributed by atoms with Crippen LogP contribution in [0.2, 0.25) is 0 Å². The summed E-state index contributed by atoms with van der Waals surface area (Å²) in [7, 11) is -3.80. The second-order valence-electron chi connectivity index (χ2n) is 11.0. The fourth-order valence-electron chi connectivity index (χ4n) is 4.48. The van der Waals surface area contributed by atoms with E-state index in [-0.39, 0.29) is 43.4 Å². The van der Waals surface area contributed by atoms with E-state index in [4.69, 9.17) is 0 Å². The molecule has 0 aromatic heterocycles. The Morgan fingerprint density at radius 2 is 1.59 bits per heavy atom. The number of anilines is 1. The van der Waals surface area contributed by atoms with Crippen LogP contribution in [0.15, 0.2) is 83.3 Å². The van der Waals surface area contributed by atoms with Crippen LogP contribution in [0.5, 0.6) is 0 Å². The molecule has 41 heavy (non-hydrogen) atoms. The third-order valence-corrected chi connectivity index (χ3v) is 7.96. The summed E-state index contributed by atoms with van der Waals surface area (Å²) in [6.45, 7) is 5.73. The summed E-state index contributed by atoms with van der Waals surface area (Å²) in [4.78, 5) is 29.1. The molecule has 3 aromatic carbocycles. The van der Waals surface area contributed by atoms with Crippen molar-refractivity contribution in [2.75, 3.05) is 17.1 Å². The van der Waals surface area contributed by atoms with E-state index in [1.54, 1.807) is 11.0 Å². The minimum absolute atomic E-state index is 0.0391. The number of carbonyl (C=O) groups is 2. The van der Waals surface area contributed by atoms with Gasteiger partial charge in [-0.15, -0.1) is 0 Å². The number of hydrogen-bond acceptors (Lipinski definition) is 4. The molecule has 0 fully saturated rings. The molecule has 0 unspecified atom stereocenters. The van der Waals surface area contributed by atoms with Crippen molar-refractivity contribution < 1.29 is 22.4 Å². The Kier molecular flexibility index (Phi) is 11.1. The molecular formula is C31H37BrFN3O4S. The highest BCUT2D eigenvalue weighted by Gasteiger charge is 2.32. The van der Waals surface area contributed by atoms with Crippen LogP contribution in [0.4, 0.5) is 10.1 Å². The maximum atomic E-state index is 14.5. The molecule has 0 bridgehead atoms. The van der Waals surface area contributed by atoms with Crippen LogP contribution >= 0.6 is 15.9 Å². The van der Waals surface area contributed by atoms with E-state index in [1.165, 1.54) is 18.2 Å². The zero-order valence-corrected chi connectivity index (χ0v) is 26.2. The molecule has 0 aliphatic carbocycles. The fourth-order valence-corrected chi connectivity index (χ4v) is 5.89. The lowest BCUT2D eigenvalue weighted by atomic mass is 10.00. The standard InChI is InChI=1S/C31H37BrFN3O4S/c1-31(2,3)34-30(38)28(21-23-12-6-5-7-13-23)35(22-24-14-10-15-25(32)20-24)29(37)18-11-19-36(41(4,39)40)27-17-9-8-16-26(27)33/h5-10,12-17,20,28H,11,18-19,21-22H2,1-4H3,(H,34,38)/t28-/m0/s1. The van der Waals surface area contributed by atoms with Gasteiger partial charge in [-0.25, -0.2) is 12.8 Å². The van der Waals surface area contributed by atoms with E-state index in [0.717, 1.165) is 26.2 Å². The fraction of sp³-hybridized carbons (Fsp3) is 0.355. The van der Waals surface area contributed by atoms with Crippen molar-refractivity contribution in [1.82, 2.24) is 10.2 Å². The molecular weight excluding hydrogens is 609 g/mol. The first-order valence-electron chi connectivity index (χ1n) is 13.4. The highest BCUT2D eigenvalue weighted by atomic mass is 79.9. The van der Waals surface area contributed by atoms with Gasteiger partial charge in [0.1, 0.15) is 11.9 Å². The molecule has 2 amide bonds. The van der Waals surface area contributed by atoms with E-state index in [0.29, 0.717) is 6.42 Å². The number of hydrogen-bond donors (Lipinski definition) is 1. The number of amides is 2. The van der Waals surface area contributed by atoms with Crippen molar-refractivity contribution >= 4 is 43.5 Å². The Balaban J connectivity index is 1.91. The van der Waals surface area contributed by atoms with Gasteiger partial charge in [0.25, 0.3) is 0 Å². The molecule has 7 nitrogen and oxygen atoms in total. The first-order valence-corrected chi connectivity index (χ1v) is 16.0. The molecule has 0 radical (unpaired) electrons. The minimum atomic E-state index is -3.80. The lowest BCUT2D eigenvalue weighted by Gasteiger charge is -2.34. The summed E-state index contributed by atoms with van der Waals surface area (Å²) in [5, 5.41) is 3.02. The van der Waals surface area contributed by atoms with Crippen LogP contribution in [-0.2, 0) is 32.6 Å². The second-order valence-corrected chi connectivity index (χ2v) is 13.8. The molecule has 1 N–H and O–H groups in total. The summed E-state index contributed by atoms with van der Waals surface area (Å²) >= 11 is 3.48. The van der Waals surface area contributed by atoms with E-state index in [2.05, 4.69) is 21.2 Å². The zero-order chi connectivity index (χ0) is 30.2. The minimum Gasteiger partial charge on any atom is -0.350 e. The molecule has 220 valence electrons. The Hall–Kier alpha value is -3.24. The van der Waals surface area contributed by atoms with Crippen LogP contribution in [-0.4, -0.2) is 49.5 Å². The van der Waals surface area contributed by atoms with Gasteiger partial charge >= 0.3 is 0 Å². The molecule has 0 saturated heterocycles. The van der Waals surface area contributed by atoms with Crippen LogP contribution in [0.1, 0.15) is 44.7 Å². The van der Waals surface area contributed by atoms with Crippen molar-refractivity contribution in [2.24, 2.45) is 0 Å². The number of sulfonamides is 1. The van der Waals surface area contributed by atoms with E-state index < -0.39 is 27.4 Å². The van der Waals surface area contributed by atoms with Crippen LogP contribution in [0, 0.1) is 5.82 Å². The number of nitrogens with one attached hydrogen (secondary N) is 1. The molecule has 10 heteroatoms. The summed E-state index contributed by atoms with van der Waals surface area (Å²) in [6, 6.07) is 21.8. The van der Waals surface area contributed by atoms with Crippen molar-refractivity contribution in [3.63, 3.8) is 0 Å². The van der Waals surface area contributed by atoms with Gasteiger partial charge in [0, 0.05) is 35.9 Å². The first-order chi connectivity index (χ1) is 19.2. The third kappa shape index (κ3) is 9.97. The van der Waals surface area contributed by atoms with Gasteiger partial charge in [-0.2, -0.15) is 0 Å². The predicted molar refractivity (Wildman–Crippen MR) is 164 cm³/mol. The normalized spacial score (nSPS) is 12.4. The average molecular weight is 647 g/mol. The molecule has 3 rings (SSSR count).